The van der Waals surface area contributed by atoms with Gasteiger partial charge < -0.3 is 15.0 Å². The van der Waals surface area contributed by atoms with E-state index in [0.29, 0.717) is 18.3 Å². The van der Waals surface area contributed by atoms with E-state index in [1.807, 2.05) is 18.3 Å². The highest BCUT2D eigenvalue weighted by molar-refractivity contribution is 5.92. The molecule has 1 heterocycles. The van der Waals surface area contributed by atoms with Crippen LogP contribution in [0.1, 0.15) is 62.5 Å². The number of amides is 1. The van der Waals surface area contributed by atoms with Gasteiger partial charge in [0.25, 0.3) is 5.91 Å². The summed E-state index contributed by atoms with van der Waals surface area (Å²) < 4.78 is 2.07. The molecule has 1 aromatic rings. The van der Waals surface area contributed by atoms with Crippen LogP contribution in [0.5, 0.6) is 0 Å². The van der Waals surface area contributed by atoms with Crippen LogP contribution in [0.15, 0.2) is 18.3 Å². The van der Waals surface area contributed by atoms with Crippen LogP contribution < -0.4 is 5.32 Å². The van der Waals surface area contributed by atoms with Gasteiger partial charge in [0, 0.05) is 18.8 Å². The fourth-order valence-electron chi connectivity index (χ4n) is 2.86. The van der Waals surface area contributed by atoms with Crippen molar-refractivity contribution in [1.82, 2.24) is 9.88 Å². The Kier molecular flexibility index (Phi) is 5.24. The van der Waals surface area contributed by atoms with Gasteiger partial charge in [-0.05, 0) is 37.3 Å². The number of hydrogen-bond donors (Lipinski definition) is 2. The second-order valence-electron chi connectivity index (χ2n) is 5.74. The normalized spacial score (nSPS) is 17.0. The third-order valence-electron chi connectivity index (χ3n) is 4.54. The molecule has 1 aliphatic carbocycles. The van der Waals surface area contributed by atoms with Crippen LogP contribution in [0.4, 0.5) is 0 Å². The van der Waals surface area contributed by atoms with Gasteiger partial charge in [-0.15, -0.1) is 0 Å². The quantitative estimate of drug-likeness (QED) is 0.805. The first-order chi connectivity index (χ1) is 9.67. The highest BCUT2D eigenvalue weighted by Gasteiger charge is 2.23. The Balaban J connectivity index is 1.90. The Labute approximate surface area is 121 Å². The maximum atomic E-state index is 12.2. The van der Waals surface area contributed by atoms with Crippen LogP contribution in [0.25, 0.3) is 0 Å². The first-order valence-electron chi connectivity index (χ1n) is 7.80. The summed E-state index contributed by atoms with van der Waals surface area (Å²) in [5.74, 6) is 0.181. The minimum atomic E-state index is -0.457. The summed E-state index contributed by atoms with van der Waals surface area (Å²) in [6.45, 7) is 4.48. The van der Waals surface area contributed by atoms with E-state index in [-0.39, 0.29) is 11.8 Å². The monoisotopic (exact) mass is 278 g/mol. The molecule has 1 unspecified atom stereocenters. The van der Waals surface area contributed by atoms with Gasteiger partial charge >= 0.3 is 0 Å². The molecule has 0 spiro atoms. The summed E-state index contributed by atoms with van der Waals surface area (Å²) in [5.41, 5.74) is 0.714. The number of aliphatic hydroxyl groups excluding tert-OH is 1. The summed E-state index contributed by atoms with van der Waals surface area (Å²) in [4.78, 5) is 12.2. The number of nitrogens with one attached hydrogen (secondary N) is 1. The average molecular weight is 278 g/mol. The molecule has 0 radical (unpaired) electrons. The van der Waals surface area contributed by atoms with E-state index < -0.39 is 6.10 Å². The number of carbonyl (C=O) groups is 1. The van der Waals surface area contributed by atoms with Crippen LogP contribution in [-0.2, 0) is 0 Å². The van der Waals surface area contributed by atoms with Crippen molar-refractivity contribution in [1.29, 1.82) is 0 Å². The summed E-state index contributed by atoms with van der Waals surface area (Å²) >= 11 is 0. The molecule has 1 aliphatic rings. The molecule has 0 aromatic carbocycles. The summed E-state index contributed by atoms with van der Waals surface area (Å²) in [6, 6.07) is 4.26. The van der Waals surface area contributed by atoms with Crippen LogP contribution >= 0.6 is 0 Å². The third kappa shape index (κ3) is 3.23. The van der Waals surface area contributed by atoms with E-state index in [4.69, 9.17) is 0 Å². The average Bonchev–Trinajstić information content (AvgIpc) is 2.84. The van der Waals surface area contributed by atoms with Gasteiger partial charge in [0.1, 0.15) is 5.69 Å². The molecular weight excluding hydrogens is 252 g/mol. The Hall–Kier alpha value is -1.29. The molecule has 1 amide bonds. The molecule has 1 aromatic heterocycles. The van der Waals surface area contributed by atoms with E-state index in [0.717, 1.165) is 25.7 Å². The second kappa shape index (κ2) is 6.93. The van der Waals surface area contributed by atoms with Gasteiger partial charge in [0.15, 0.2) is 0 Å². The van der Waals surface area contributed by atoms with Crippen molar-refractivity contribution >= 4 is 5.91 Å². The number of hydrogen-bond acceptors (Lipinski definition) is 2. The molecule has 0 bridgehead atoms. The Morgan fingerprint density at radius 1 is 1.45 bits per heavy atom. The number of nitrogens with zero attached hydrogens (tertiary/aromatic N) is 1. The van der Waals surface area contributed by atoms with E-state index in [2.05, 4.69) is 23.7 Å². The predicted octanol–water partition coefficient (Wildman–Crippen LogP) is 2.74. The topological polar surface area (TPSA) is 54.3 Å². The minimum absolute atomic E-state index is 0.0769. The van der Waals surface area contributed by atoms with Crippen molar-refractivity contribution < 1.29 is 9.90 Å². The van der Waals surface area contributed by atoms with Crippen molar-refractivity contribution in [3.05, 3.63) is 24.0 Å². The predicted molar refractivity (Wildman–Crippen MR) is 79.7 cm³/mol. The number of aliphatic hydroxyl groups is 1. The molecule has 4 heteroatoms. The zero-order chi connectivity index (χ0) is 14.5. The van der Waals surface area contributed by atoms with Crippen molar-refractivity contribution in [2.45, 2.75) is 58.1 Å². The van der Waals surface area contributed by atoms with Gasteiger partial charge in [0.2, 0.25) is 0 Å². The third-order valence-corrected chi connectivity index (χ3v) is 4.54. The SMILES string of the molecule is CCC(CC)C(O)CNC(=O)c1cccn1C1CCC1. The van der Waals surface area contributed by atoms with Crippen molar-refractivity contribution in [3.63, 3.8) is 0 Å². The van der Waals surface area contributed by atoms with Crippen molar-refractivity contribution in [2.75, 3.05) is 6.54 Å². The minimum Gasteiger partial charge on any atom is -0.391 e. The molecule has 0 saturated heterocycles. The lowest BCUT2D eigenvalue weighted by Gasteiger charge is -2.29. The molecule has 1 atom stereocenters. The van der Waals surface area contributed by atoms with E-state index in [1.165, 1.54) is 6.42 Å². The Morgan fingerprint density at radius 3 is 2.70 bits per heavy atom. The van der Waals surface area contributed by atoms with Gasteiger partial charge in [0.05, 0.1) is 6.10 Å². The molecule has 112 valence electrons. The van der Waals surface area contributed by atoms with Crippen molar-refractivity contribution in [2.24, 2.45) is 5.92 Å². The fourth-order valence-corrected chi connectivity index (χ4v) is 2.86. The largest absolute Gasteiger partial charge is 0.391 e. The van der Waals surface area contributed by atoms with E-state index >= 15 is 0 Å². The zero-order valence-corrected chi connectivity index (χ0v) is 12.5. The van der Waals surface area contributed by atoms with E-state index in [1.54, 1.807) is 0 Å². The van der Waals surface area contributed by atoms with Gasteiger partial charge in [-0.3, -0.25) is 4.79 Å². The first-order valence-corrected chi connectivity index (χ1v) is 7.80. The van der Waals surface area contributed by atoms with Crippen LogP contribution in [0.3, 0.4) is 0 Å². The number of aromatic nitrogens is 1. The molecule has 2 N–H and O–H groups in total. The molecule has 1 fully saturated rings. The molecule has 4 nitrogen and oxygen atoms in total. The van der Waals surface area contributed by atoms with E-state index in [9.17, 15) is 9.90 Å². The molecule has 0 aliphatic heterocycles. The summed E-state index contributed by atoms with van der Waals surface area (Å²) in [5, 5.41) is 12.9. The number of rotatable bonds is 7. The molecule has 1 saturated carbocycles. The molecular formula is C16H26N2O2. The highest BCUT2D eigenvalue weighted by Crippen LogP contribution is 2.32. The molecule has 20 heavy (non-hydrogen) atoms. The fraction of sp³-hybridized carbons (Fsp3) is 0.688. The summed E-state index contributed by atoms with van der Waals surface area (Å²) in [6.07, 6.45) is 6.96. The second-order valence-corrected chi connectivity index (χ2v) is 5.74. The Bertz CT molecular complexity index is 433. The van der Waals surface area contributed by atoms with Gasteiger partial charge in [-0.2, -0.15) is 0 Å². The van der Waals surface area contributed by atoms with Crippen LogP contribution in [-0.4, -0.2) is 28.2 Å². The Morgan fingerprint density at radius 2 is 2.15 bits per heavy atom. The smallest absolute Gasteiger partial charge is 0.268 e. The lowest BCUT2D eigenvalue weighted by Crippen LogP contribution is -2.37. The van der Waals surface area contributed by atoms with Gasteiger partial charge in [-0.1, -0.05) is 26.7 Å². The highest BCUT2D eigenvalue weighted by atomic mass is 16.3. The van der Waals surface area contributed by atoms with Crippen LogP contribution in [0.2, 0.25) is 0 Å². The lowest BCUT2D eigenvalue weighted by atomic mass is 9.93. The standard InChI is InChI=1S/C16H26N2O2/c1-3-12(4-2)15(19)11-17-16(20)14-9-6-10-18(14)13-7-5-8-13/h6,9-10,12-13,15,19H,3-5,7-8,11H2,1-2H3,(H,17,20). The lowest BCUT2D eigenvalue weighted by molar-refractivity contribution is 0.0806. The maximum Gasteiger partial charge on any atom is 0.268 e. The maximum absolute atomic E-state index is 12.2. The van der Waals surface area contributed by atoms with Crippen LogP contribution in [0, 0.1) is 5.92 Å². The number of carbonyl (C=O) groups excluding carboxylic acids is 1. The molecule has 2 rings (SSSR count). The first kappa shape index (κ1) is 15.1. The zero-order valence-electron chi connectivity index (χ0n) is 12.5. The van der Waals surface area contributed by atoms with Gasteiger partial charge in [-0.25, -0.2) is 0 Å². The summed E-state index contributed by atoms with van der Waals surface area (Å²) in [7, 11) is 0. The van der Waals surface area contributed by atoms with Crippen molar-refractivity contribution in [3.8, 4) is 0 Å².